The maximum Gasteiger partial charge on any atom is 0.317 e. The van der Waals surface area contributed by atoms with Crippen LogP contribution in [0.1, 0.15) is 30.4 Å². The van der Waals surface area contributed by atoms with Gasteiger partial charge in [0.1, 0.15) is 11.7 Å². The van der Waals surface area contributed by atoms with E-state index in [-0.39, 0.29) is 18.6 Å². The molecule has 2 atom stereocenters. The van der Waals surface area contributed by atoms with Gasteiger partial charge < -0.3 is 4.74 Å². The van der Waals surface area contributed by atoms with E-state index < -0.39 is 39.4 Å². The molecule has 0 heterocycles. The molecule has 2 unspecified atom stereocenters. The number of halogens is 1. The van der Waals surface area contributed by atoms with Crippen molar-refractivity contribution in [2.75, 3.05) is 17.6 Å². The summed E-state index contributed by atoms with van der Waals surface area (Å²) in [5, 5.41) is 0. The summed E-state index contributed by atoms with van der Waals surface area (Å²) in [5.74, 6) is -3.52. The van der Waals surface area contributed by atoms with Crippen molar-refractivity contribution < 1.29 is 27.1 Å². The highest BCUT2D eigenvalue weighted by molar-refractivity contribution is 7.92. The molecule has 2 aromatic carbocycles. The Morgan fingerprint density at radius 2 is 1.93 bits per heavy atom. The van der Waals surface area contributed by atoms with Crippen molar-refractivity contribution >= 4 is 33.0 Å². The van der Waals surface area contributed by atoms with Gasteiger partial charge in [0.2, 0.25) is 10.0 Å². The van der Waals surface area contributed by atoms with Crippen LogP contribution >= 0.6 is 0 Å². The molecule has 0 aliphatic heterocycles. The molecular weight excluding hydrogens is 409 g/mol. The van der Waals surface area contributed by atoms with Crippen LogP contribution in [-0.4, -0.2) is 33.0 Å². The molecule has 2 aromatic rings. The maximum absolute atomic E-state index is 14.5. The van der Waals surface area contributed by atoms with Gasteiger partial charge in [-0.1, -0.05) is 30.3 Å². The molecule has 158 valence electrons. The summed E-state index contributed by atoms with van der Waals surface area (Å²) in [4.78, 5) is 25.4. The Labute approximate surface area is 174 Å². The van der Waals surface area contributed by atoms with Gasteiger partial charge in [0.25, 0.3) is 0 Å². The third-order valence-electron chi connectivity index (χ3n) is 4.85. The molecule has 0 saturated heterocycles. The fourth-order valence-corrected chi connectivity index (χ4v) is 4.20. The lowest BCUT2D eigenvalue weighted by Crippen LogP contribution is -2.34. The Bertz CT molecular complexity index is 1110. The third-order valence-corrected chi connectivity index (χ3v) is 5.45. The van der Waals surface area contributed by atoms with Crippen molar-refractivity contribution in [2.45, 2.75) is 19.3 Å². The van der Waals surface area contributed by atoms with Crippen LogP contribution in [0.5, 0.6) is 0 Å². The molecule has 1 N–H and O–H groups in total. The number of hydrogen-bond donors (Lipinski definition) is 1. The average Bonchev–Trinajstić information content (AvgIpc) is 2.66. The summed E-state index contributed by atoms with van der Waals surface area (Å²) in [7, 11) is -3.47. The zero-order valence-electron chi connectivity index (χ0n) is 16.6. The molecule has 0 aromatic heterocycles. The zero-order valence-corrected chi connectivity index (χ0v) is 17.4. The Hall–Kier alpha value is -3.00. The van der Waals surface area contributed by atoms with Gasteiger partial charge >= 0.3 is 5.97 Å². The molecule has 8 heteroatoms. The smallest absolute Gasteiger partial charge is 0.317 e. The molecule has 6 nitrogen and oxygen atoms in total. The van der Waals surface area contributed by atoms with Crippen LogP contribution in [-0.2, 0) is 24.3 Å². The second-order valence-electron chi connectivity index (χ2n) is 7.09. The molecule has 3 rings (SSSR count). The van der Waals surface area contributed by atoms with Gasteiger partial charge in [-0.05, 0) is 54.3 Å². The summed E-state index contributed by atoms with van der Waals surface area (Å²) in [5.41, 5.74) is 1.81. The first-order valence-corrected chi connectivity index (χ1v) is 11.3. The molecular formula is C22H22FNO5S. The lowest BCUT2D eigenvalue weighted by atomic mass is 9.73. The number of rotatable bonds is 6. The van der Waals surface area contributed by atoms with E-state index in [0.717, 1.165) is 6.26 Å². The number of sulfonamides is 1. The van der Waals surface area contributed by atoms with Crippen LogP contribution in [0.25, 0.3) is 5.57 Å². The van der Waals surface area contributed by atoms with Crippen LogP contribution in [0.3, 0.4) is 0 Å². The number of carbonyl (C=O) groups is 2. The van der Waals surface area contributed by atoms with E-state index >= 15 is 0 Å². The van der Waals surface area contributed by atoms with Crippen LogP contribution in [0.4, 0.5) is 10.1 Å². The highest BCUT2D eigenvalue weighted by atomic mass is 32.2. The SMILES string of the molecule is CCOC(=O)C1C(=O)C=C(c2cccc(NS(C)(=O)=O)c2)CC1c1ccccc1F. The number of ketones is 1. The van der Waals surface area contributed by atoms with E-state index in [1.54, 1.807) is 49.4 Å². The minimum atomic E-state index is -3.47. The number of esters is 1. The Kier molecular flexibility index (Phi) is 6.36. The second-order valence-corrected chi connectivity index (χ2v) is 8.84. The van der Waals surface area contributed by atoms with Crippen LogP contribution < -0.4 is 4.72 Å². The first-order valence-electron chi connectivity index (χ1n) is 9.43. The average molecular weight is 431 g/mol. The van der Waals surface area contributed by atoms with Gasteiger partial charge in [-0.15, -0.1) is 0 Å². The molecule has 1 aliphatic carbocycles. The second kappa shape index (κ2) is 8.79. The van der Waals surface area contributed by atoms with Crippen molar-refractivity contribution in [3.8, 4) is 0 Å². The topological polar surface area (TPSA) is 89.5 Å². The van der Waals surface area contributed by atoms with Gasteiger partial charge in [0.15, 0.2) is 5.78 Å². The molecule has 1 aliphatic rings. The molecule has 0 fully saturated rings. The predicted molar refractivity (Wildman–Crippen MR) is 112 cm³/mol. The van der Waals surface area contributed by atoms with E-state index in [4.69, 9.17) is 4.74 Å². The van der Waals surface area contributed by atoms with Crippen LogP contribution in [0.15, 0.2) is 54.6 Å². The van der Waals surface area contributed by atoms with E-state index in [9.17, 15) is 22.4 Å². The van der Waals surface area contributed by atoms with Crippen molar-refractivity contribution in [3.05, 3.63) is 71.6 Å². The summed E-state index contributed by atoms with van der Waals surface area (Å²) in [6.07, 6.45) is 2.62. The Balaban J connectivity index is 2.03. The van der Waals surface area contributed by atoms with Gasteiger partial charge in [-0.25, -0.2) is 12.8 Å². The molecule has 0 bridgehead atoms. The van der Waals surface area contributed by atoms with E-state index in [0.29, 0.717) is 16.8 Å². The van der Waals surface area contributed by atoms with Crippen molar-refractivity contribution in [3.63, 3.8) is 0 Å². The first kappa shape index (κ1) is 21.7. The fraction of sp³-hybridized carbons (Fsp3) is 0.273. The molecule has 0 amide bonds. The standard InChI is InChI=1S/C22H22FNO5S/c1-3-29-22(26)21-18(17-9-4-5-10-19(17)23)12-15(13-20(21)25)14-7-6-8-16(11-14)24-30(2,27)28/h4-11,13,18,21,24H,3,12H2,1-2H3. The van der Waals surface area contributed by atoms with Crippen molar-refractivity contribution in [1.29, 1.82) is 0 Å². The summed E-state index contributed by atoms with van der Waals surface area (Å²) >= 11 is 0. The third kappa shape index (κ3) is 4.94. The largest absolute Gasteiger partial charge is 0.465 e. The summed E-state index contributed by atoms with van der Waals surface area (Å²) in [6, 6.07) is 12.6. The maximum atomic E-state index is 14.5. The van der Waals surface area contributed by atoms with Crippen LogP contribution in [0.2, 0.25) is 0 Å². The number of hydrogen-bond acceptors (Lipinski definition) is 5. The van der Waals surface area contributed by atoms with Crippen LogP contribution in [0, 0.1) is 11.7 Å². The molecule has 30 heavy (non-hydrogen) atoms. The van der Waals surface area contributed by atoms with Gasteiger partial charge in [-0.2, -0.15) is 0 Å². The highest BCUT2D eigenvalue weighted by Crippen LogP contribution is 2.41. The Morgan fingerprint density at radius 3 is 2.60 bits per heavy atom. The highest BCUT2D eigenvalue weighted by Gasteiger charge is 2.40. The molecule has 0 spiro atoms. The number of allylic oxidation sites excluding steroid dienone is 2. The van der Waals surface area contributed by atoms with E-state index in [1.807, 2.05) is 0 Å². The number of anilines is 1. The number of ether oxygens (including phenoxy) is 1. The first-order chi connectivity index (χ1) is 14.2. The minimum absolute atomic E-state index is 0.113. The Morgan fingerprint density at radius 1 is 1.20 bits per heavy atom. The van der Waals surface area contributed by atoms with Gasteiger partial charge in [0, 0.05) is 11.6 Å². The monoisotopic (exact) mass is 431 g/mol. The molecule has 0 saturated carbocycles. The predicted octanol–water partition coefficient (Wildman–Crippen LogP) is 3.52. The normalized spacial score (nSPS) is 19.2. The number of carbonyl (C=O) groups excluding carboxylic acids is 2. The summed E-state index contributed by atoms with van der Waals surface area (Å²) < 4.78 is 45.1. The number of nitrogens with one attached hydrogen (secondary N) is 1. The quantitative estimate of drug-likeness (QED) is 0.558. The fourth-order valence-electron chi connectivity index (χ4n) is 3.65. The minimum Gasteiger partial charge on any atom is -0.465 e. The van der Waals surface area contributed by atoms with E-state index in [2.05, 4.69) is 4.72 Å². The van der Waals surface area contributed by atoms with Gasteiger partial charge in [-0.3, -0.25) is 14.3 Å². The van der Waals surface area contributed by atoms with Crippen molar-refractivity contribution in [1.82, 2.24) is 0 Å². The molecule has 0 radical (unpaired) electrons. The van der Waals surface area contributed by atoms with Gasteiger partial charge in [0.05, 0.1) is 12.9 Å². The zero-order chi connectivity index (χ0) is 21.9. The van der Waals surface area contributed by atoms with Crippen molar-refractivity contribution in [2.24, 2.45) is 5.92 Å². The lowest BCUT2D eigenvalue weighted by Gasteiger charge is -2.29. The lowest BCUT2D eigenvalue weighted by molar-refractivity contribution is -0.151. The number of benzene rings is 2. The summed E-state index contributed by atoms with van der Waals surface area (Å²) in [6.45, 7) is 1.76. The van der Waals surface area contributed by atoms with E-state index in [1.165, 1.54) is 12.1 Å².